The molecule has 0 aliphatic heterocycles. The molecule has 0 heterocycles. The van der Waals surface area contributed by atoms with Gasteiger partial charge in [-0.1, -0.05) is 0 Å². The van der Waals surface area contributed by atoms with E-state index in [-0.39, 0.29) is 122 Å². The predicted molar refractivity (Wildman–Crippen MR) is 21.3 cm³/mol. The van der Waals surface area contributed by atoms with Gasteiger partial charge >= 0.3 is 43.3 Å². The summed E-state index contributed by atoms with van der Waals surface area (Å²) in [5.41, 5.74) is 0. The first-order valence-electron chi connectivity index (χ1n) is 0. The maximum absolute atomic E-state index is 0. The van der Waals surface area contributed by atoms with Crippen molar-refractivity contribution in [2.75, 3.05) is 0 Å². The Kier molecular flexibility index (Phi) is 110000. The van der Waals surface area contributed by atoms with Crippen molar-refractivity contribution in [2.24, 2.45) is 0 Å². The molecule has 0 amide bonds. The Morgan fingerprint density at radius 1 is 0.286 bits per heavy atom. The second-order valence-corrected chi connectivity index (χ2v) is 0. The van der Waals surface area contributed by atoms with Crippen molar-refractivity contribution in [1.29, 1.82) is 0 Å². The van der Waals surface area contributed by atoms with Crippen molar-refractivity contribution >= 4 is 0 Å². The molecule has 11 nitrogen and oxygen atoms in total. The van der Waals surface area contributed by atoms with Crippen molar-refractivity contribution in [1.82, 2.24) is 0 Å². The van der Waals surface area contributed by atoms with Gasteiger partial charge in [-0.3, -0.25) is 0 Å². The topological polar surface area (TPSA) is 330 Å². The summed E-state index contributed by atoms with van der Waals surface area (Å²) in [6, 6.07) is 0. The van der Waals surface area contributed by atoms with Crippen molar-refractivity contribution in [3.63, 3.8) is 0 Å². The fourth-order valence-electron chi connectivity index (χ4n) is 0. The van der Waals surface area contributed by atoms with Crippen molar-refractivity contribution in [3.8, 4) is 0 Å². The second kappa shape index (κ2) is 1120. The Hall–Kier alpha value is 1.55. The molecule has 11 N–H and O–H groups in total. The van der Waals surface area contributed by atoms with Gasteiger partial charge < -0.3 is 60.2 Å². The van der Waals surface area contributed by atoms with Gasteiger partial charge in [0.25, 0.3) is 0 Å². The van der Waals surface area contributed by atoms with Gasteiger partial charge in [0, 0.05) is 18.6 Å². The largest absolute Gasteiger partial charge is 4.00 e. The van der Waals surface area contributed by atoms with E-state index < -0.39 is 0 Å². The summed E-state index contributed by atoms with van der Waals surface area (Å²) < 4.78 is 0. The van der Waals surface area contributed by atoms with Gasteiger partial charge in [-0.15, -0.1) is 0 Å². The zero-order valence-corrected chi connectivity index (χ0v) is 11.2. The third-order valence-corrected chi connectivity index (χ3v) is 0. The van der Waals surface area contributed by atoms with E-state index in [1.807, 2.05) is 0 Å². The van der Waals surface area contributed by atoms with E-state index in [1.54, 1.807) is 0 Å². The minimum Gasteiger partial charge on any atom is -0.870 e. The normalized spacial score (nSPS) is 0. The van der Waals surface area contributed by atoms with Crippen LogP contribution in [0.5, 0.6) is 0 Å². The molecule has 0 aliphatic rings. The van der Waals surface area contributed by atoms with Gasteiger partial charge in [0.15, 0.2) is 0 Å². The molecule has 99 valence electrons. The Bertz CT molecular complexity index is 15.2. The van der Waals surface area contributed by atoms with Crippen LogP contribution in [0.15, 0.2) is 0 Å². The van der Waals surface area contributed by atoms with E-state index >= 15 is 0 Å². The average molecular weight is 385 g/mol. The summed E-state index contributed by atoms with van der Waals surface area (Å²) in [5, 5.41) is 0. The van der Waals surface area contributed by atoms with E-state index in [0.29, 0.717) is 0 Å². The van der Waals surface area contributed by atoms with Crippen LogP contribution < -0.4 is 0 Å². The smallest absolute Gasteiger partial charge is 0.870 e. The molecule has 1 radical (unpaired) electrons. The Morgan fingerprint density at radius 2 is 0.286 bits per heavy atom. The maximum Gasteiger partial charge on any atom is 4.00 e. The van der Waals surface area contributed by atoms with Crippen LogP contribution >= 0.6 is 0 Å². The molecule has 0 fully saturated rings. The second-order valence-electron chi connectivity index (χ2n) is 0. The van der Waals surface area contributed by atoms with Crippen molar-refractivity contribution in [2.45, 2.75) is 0 Å². The van der Waals surface area contributed by atoms with Gasteiger partial charge in [0.05, 0.1) is 0 Å². The molecule has 0 saturated carbocycles. The molecular weight excluding hydrogens is 374 g/mol. The first-order valence-corrected chi connectivity index (χ1v) is 0. The standard InChI is InChI=1S/Fe.11H2O.V.Zr/h;11*1H2;;/q+2;;;;;;;;;;;;;+4/p-11. The molecule has 0 unspecified atom stereocenters. The van der Waals surface area contributed by atoms with Gasteiger partial charge in [0.1, 0.15) is 0 Å². The molecule has 0 rings (SSSR count). The van der Waals surface area contributed by atoms with Crippen LogP contribution in [0.4, 0.5) is 0 Å². The molecule has 0 spiro atoms. The molecular formula is H11FeO11VZr-5. The molecule has 0 atom stereocenters. The fraction of sp³-hybridized carbons (Fsp3) is 0. The Morgan fingerprint density at radius 3 is 0.286 bits per heavy atom. The zero-order chi connectivity index (χ0) is 0. The van der Waals surface area contributed by atoms with Gasteiger partial charge in [0.2, 0.25) is 0 Å². The zero-order valence-electron chi connectivity index (χ0n) is 6.22. The number of rotatable bonds is 0. The SMILES string of the molecule is [Fe+2].[OH-].[OH-].[OH-].[OH-].[OH-].[OH-].[OH-].[OH-].[OH-].[OH-].[OH-].[V].[Zr+4]. The van der Waals surface area contributed by atoms with Crippen LogP contribution in [-0.4, -0.2) is 60.2 Å². The van der Waals surface area contributed by atoms with E-state index in [9.17, 15) is 0 Å². The van der Waals surface area contributed by atoms with Crippen LogP contribution in [-0.2, 0) is 61.8 Å². The summed E-state index contributed by atoms with van der Waals surface area (Å²) in [5.74, 6) is 0. The first-order chi connectivity index (χ1) is 0. The molecule has 0 aromatic heterocycles. The number of hydrogen-bond donors (Lipinski definition) is 0. The van der Waals surface area contributed by atoms with Gasteiger partial charge in [-0.25, -0.2) is 0 Å². The third-order valence-electron chi connectivity index (χ3n) is 0. The van der Waals surface area contributed by atoms with E-state index in [2.05, 4.69) is 0 Å². The first kappa shape index (κ1) is 1370. The molecule has 0 saturated heterocycles. The molecule has 0 bridgehead atoms. The van der Waals surface area contributed by atoms with Crippen LogP contribution in [0, 0.1) is 0 Å². The van der Waals surface area contributed by atoms with Crippen LogP contribution in [0.1, 0.15) is 0 Å². The average Bonchev–Trinajstić information content (AvgIpc) is 0. The Balaban J connectivity index is 0. The summed E-state index contributed by atoms with van der Waals surface area (Å²) in [6.07, 6.45) is 0. The monoisotopic (exact) mass is 384 g/mol. The maximum atomic E-state index is 0. The predicted octanol–water partition coefficient (Wildman–Crippen LogP) is -1.95. The summed E-state index contributed by atoms with van der Waals surface area (Å²) in [7, 11) is 0. The van der Waals surface area contributed by atoms with Crippen molar-refractivity contribution in [3.05, 3.63) is 0 Å². The van der Waals surface area contributed by atoms with Crippen LogP contribution in [0.25, 0.3) is 0 Å². The van der Waals surface area contributed by atoms with E-state index in [0.717, 1.165) is 0 Å². The minimum atomic E-state index is 0. The summed E-state index contributed by atoms with van der Waals surface area (Å²) in [6.45, 7) is 0. The van der Waals surface area contributed by atoms with Crippen LogP contribution in [0.3, 0.4) is 0 Å². The minimum absolute atomic E-state index is 0. The number of hydrogen-bond acceptors (Lipinski definition) is 11. The molecule has 0 aromatic carbocycles. The van der Waals surface area contributed by atoms with Crippen LogP contribution in [0.2, 0.25) is 0 Å². The quantitative estimate of drug-likeness (QED) is 0.412. The summed E-state index contributed by atoms with van der Waals surface area (Å²) in [4.78, 5) is 0. The third kappa shape index (κ3) is 891. The summed E-state index contributed by atoms with van der Waals surface area (Å²) >= 11 is 0. The Labute approximate surface area is 122 Å². The molecule has 0 aliphatic carbocycles. The van der Waals surface area contributed by atoms with E-state index in [1.165, 1.54) is 0 Å². The van der Waals surface area contributed by atoms with Gasteiger partial charge in [-0.2, -0.15) is 0 Å². The molecule has 0 aromatic rings. The van der Waals surface area contributed by atoms with Crippen molar-refractivity contribution < 1.29 is 122 Å². The van der Waals surface area contributed by atoms with E-state index in [4.69, 9.17) is 0 Å². The molecule has 14 heteroatoms. The molecule has 14 heavy (non-hydrogen) atoms. The van der Waals surface area contributed by atoms with Gasteiger partial charge in [-0.05, 0) is 0 Å². The fourth-order valence-corrected chi connectivity index (χ4v) is 0.